The molecule has 4 aromatic rings. The molecular weight excluding hydrogens is 414 g/mol. The highest BCUT2D eigenvalue weighted by Crippen LogP contribution is 2.31. The molecular formula is C19H16ClN5O3S. The average molecular weight is 430 g/mol. The van der Waals surface area contributed by atoms with Gasteiger partial charge in [-0.25, -0.2) is 18.5 Å². The van der Waals surface area contributed by atoms with Crippen molar-refractivity contribution in [3.05, 3.63) is 65.4 Å². The number of anilines is 1. The van der Waals surface area contributed by atoms with E-state index >= 15 is 0 Å². The number of rotatable bonds is 6. The predicted molar refractivity (Wildman–Crippen MR) is 110 cm³/mol. The zero-order chi connectivity index (χ0) is 20.4. The molecule has 0 unspecified atom stereocenters. The minimum absolute atomic E-state index is 0.0868. The maximum absolute atomic E-state index is 11.3. The van der Waals surface area contributed by atoms with Crippen LogP contribution < -0.4 is 10.5 Å². The van der Waals surface area contributed by atoms with Gasteiger partial charge in [0.25, 0.3) is 5.71 Å². The molecule has 0 atom stereocenters. The van der Waals surface area contributed by atoms with Crippen LogP contribution in [0.3, 0.4) is 0 Å². The van der Waals surface area contributed by atoms with Crippen LogP contribution in [0.5, 0.6) is 0 Å². The highest BCUT2D eigenvalue weighted by Gasteiger charge is 2.16. The molecule has 0 amide bonds. The first-order valence-corrected chi connectivity index (χ1v) is 10.6. The lowest BCUT2D eigenvalue weighted by atomic mass is 10.1. The van der Waals surface area contributed by atoms with E-state index in [1.165, 1.54) is 18.5 Å². The Kier molecular flexibility index (Phi) is 5.18. The Morgan fingerprint density at radius 1 is 1.03 bits per heavy atom. The highest BCUT2D eigenvalue weighted by molar-refractivity contribution is 7.89. The number of nitrogens with one attached hydrogen (secondary N) is 1. The Morgan fingerprint density at radius 2 is 1.76 bits per heavy atom. The summed E-state index contributed by atoms with van der Waals surface area (Å²) >= 11 is 5.96. The SMILES string of the molecule is NS(=O)(=O)c1ccc(CCNc2ncnc3onc(-c4ccc(Cl)cc4)c23)cc1. The van der Waals surface area contributed by atoms with E-state index in [4.69, 9.17) is 21.3 Å². The highest BCUT2D eigenvalue weighted by atomic mass is 35.5. The van der Waals surface area contributed by atoms with Crippen molar-refractivity contribution < 1.29 is 12.9 Å². The van der Waals surface area contributed by atoms with Gasteiger partial charge in [-0.2, -0.15) is 4.98 Å². The summed E-state index contributed by atoms with van der Waals surface area (Å²) in [7, 11) is -3.69. The number of hydrogen-bond donors (Lipinski definition) is 2. The molecule has 3 N–H and O–H groups in total. The lowest BCUT2D eigenvalue weighted by molar-refractivity contribution is 0.451. The first-order chi connectivity index (χ1) is 13.9. The van der Waals surface area contributed by atoms with Crippen LogP contribution in [-0.4, -0.2) is 30.1 Å². The van der Waals surface area contributed by atoms with E-state index in [0.717, 1.165) is 11.1 Å². The molecule has 0 bridgehead atoms. The Bertz CT molecular complexity index is 1260. The number of halogens is 1. The summed E-state index contributed by atoms with van der Waals surface area (Å²) in [5.41, 5.74) is 2.80. The number of sulfonamides is 1. The molecule has 29 heavy (non-hydrogen) atoms. The van der Waals surface area contributed by atoms with Crippen LogP contribution in [0.4, 0.5) is 5.82 Å². The van der Waals surface area contributed by atoms with E-state index in [2.05, 4.69) is 20.4 Å². The molecule has 4 rings (SSSR count). The standard InChI is InChI=1S/C19H16ClN5O3S/c20-14-5-3-13(4-6-14)17-16-18(23-11-24-19(16)28-25-17)22-10-9-12-1-7-15(8-2-12)29(21,26)27/h1-8,11H,9-10H2,(H2,21,26,27)(H,22,23,24). The van der Waals surface area contributed by atoms with Gasteiger partial charge in [0.1, 0.15) is 23.2 Å². The number of hydrogen-bond acceptors (Lipinski definition) is 7. The molecule has 0 radical (unpaired) electrons. The number of nitrogens with zero attached hydrogens (tertiary/aromatic N) is 3. The van der Waals surface area contributed by atoms with E-state index in [1.807, 2.05) is 12.1 Å². The van der Waals surface area contributed by atoms with Crippen LogP contribution in [0.15, 0.2) is 64.3 Å². The molecule has 2 aromatic heterocycles. The van der Waals surface area contributed by atoms with Gasteiger partial charge in [-0.1, -0.05) is 41.0 Å². The van der Waals surface area contributed by atoms with Gasteiger partial charge in [0.2, 0.25) is 10.0 Å². The zero-order valence-corrected chi connectivity index (χ0v) is 16.6. The summed E-state index contributed by atoms with van der Waals surface area (Å²) in [5, 5.41) is 13.8. The Hall–Kier alpha value is -3.01. The van der Waals surface area contributed by atoms with Crippen LogP contribution in [0, 0.1) is 0 Å². The number of benzene rings is 2. The molecule has 0 aliphatic heterocycles. The quantitative estimate of drug-likeness (QED) is 0.482. The van der Waals surface area contributed by atoms with Gasteiger partial charge in [-0.15, -0.1) is 0 Å². The summed E-state index contributed by atoms with van der Waals surface area (Å²) in [4.78, 5) is 8.53. The van der Waals surface area contributed by atoms with Gasteiger partial charge in [0.15, 0.2) is 0 Å². The van der Waals surface area contributed by atoms with E-state index in [-0.39, 0.29) is 4.90 Å². The summed E-state index contributed by atoms with van der Waals surface area (Å²) in [6.45, 7) is 0.562. The fraction of sp³-hybridized carbons (Fsp3) is 0.105. The van der Waals surface area contributed by atoms with Crippen molar-refractivity contribution in [2.45, 2.75) is 11.3 Å². The van der Waals surface area contributed by atoms with E-state index in [0.29, 0.717) is 40.6 Å². The smallest absolute Gasteiger partial charge is 0.263 e. The van der Waals surface area contributed by atoms with Gasteiger partial charge in [-0.05, 0) is 36.2 Å². The van der Waals surface area contributed by atoms with Crippen molar-refractivity contribution in [3.63, 3.8) is 0 Å². The number of fused-ring (bicyclic) bond motifs is 1. The largest absolute Gasteiger partial charge is 0.369 e. The molecule has 2 aromatic carbocycles. The van der Waals surface area contributed by atoms with Crippen LogP contribution in [0.2, 0.25) is 5.02 Å². The van der Waals surface area contributed by atoms with Gasteiger partial charge in [-0.3, -0.25) is 0 Å². The molecule has 0 aliphatic carbocycles. The summed E-state index contributed by atoms with van der Waals surface area (Å²) in [6.07, 6.45) is 2.06. The van der Waals surface area contributed by atoms with E-state index in [1.54, 1.807) is 24.3 Å². The summed E-state index contributed by atoms with van der Waals surface area (Å²) < 4.78 is 28.0. The minimum atomic E-state index is -3.69. The molecule has 8 nitrogen and oxygen atoms in total. The van der Waals surface area contributed by atoms with Crippen LogP contribution >= 0.6 is 11.6 Å². The molecule has 0 fully saturated rings. The lowest BCUT2D eigenvalue weighted by Crippen LogP contribution is -2.12. The number of primary sulfonamides is 1. The maximum atomic E-state index is 11.3. The third-order valence-corrected chi connectivity index (χ3v) is 5.53. The molecule has 10 heteroatoms. The van der Waals surface area contributed by atoms with Gasteiger partial charge in [0.05, 0.1) is 4.90 Å². The van der Waals surface area contributed by atoms with Gasteiger partial charge in [0, 0.05) is 17.1 Å². The summed E-state index contributed by atoms with van der Waals surface area (Å²) in [6, 6.07) is 13.7. The Labute approximate surface area is 171 Å². The van der Waals surface area contributed by atoms with Crippen molar-refractivity contribution >= 4 is 38.5 Å². The van der Waals surface area contributed by atoms with Crippen molar-refractivity contribution in [1.82, 2.24) is 15.1 Å². The molecule has 0 saturated carbocycles. The van der Waals surface area contributed by atoms with Crippen molar-refractivity contribution in [2.24, 2.45) is 5.14 Å². The Morgan fingerprint density at radius 3 is 2.45 bits per heavy atom. The van der Waals surface area contributed by atoms with Crippen molar-refractivity contribution in [3.8, 4) is 11.3 Å². The van der Waals surface area contributed by atoms with Crippen LogP contribution in [0.1, 0.15) is 5.56 Å². The monoisotopic (exact) mass is 429 g/mol. The maximum Gasteiger partial charge on any atom is 0.263 e. The summed E-state index contributed by atoms with van der Waals surface area (Å²) in [5.74, 6) is 0.599. The normalized spacial score (nSPS) is 11.7. The average Bonchev–Trinajstić information content (AvgIpc) is 3.13. The second-order valence-corrected chi connectivity index (χ2v) is 8.30. The zero-order valence-electron chi connectivity index (χ0n) is 15.0. The third kappa shape index (κ3) is 4.21. The number of nitrogens with two attached hydrogens (primary N) is 1. The molecule has 0 spiro atoms. The molecule has 0 aliphatic rings. The third-order valence-electron chi connectivity index (χ3n) is 4.35. The van der Waals surface area contributed by atoms with E-state index in [9.17, 15) is 8.42 Å². The molecule has 2 heterocycles. The molecule has 148 valence electrons. The van der Waals surface area contributed by atoms with Crippen molar-refractivity contribution in [2.75, 3.05) is 11.9 Å². The van der Waals surface area contributed by atoms with Crippen molar-refractivity contribution in [1.29, 1.82) is 0 Å². The predicted octanol–water partition coefficient (Wildman–Crippen LogP) is 3.24. The first kappa shape index (κ1) is 19.3. The second kappa shape index (κ2) is 7.78. The van der Waals surface area contributed by atoms with Gasteiger partial charge >= 0.3 is 0 Å². The first-order valence-electron chi connectivity index (χ1n) is 8.64. The van der Waals surface area contributed by atoms with Crippen LogP contribution in [-0.2, 0) is 16.4 Å². The lowest BCUT2D eigenvalue weighted by Gasteiger charge is -2.07. The Balaban J connectivity index is 1.54. The molecule has 0 saturated heterocycles. The fourth-order valence-corrected chi connectivity index (χ4v) is 3.54. The van der Waals surface area contributed by atoms with Crippen LogP contribution in [0.25, 0.3) is 22.4 Å². The second-order valence-electron chi connectivity index (χ2n) is 6.31. The number of aromatic nitrogens is 3. The van der Waals surface area contributed by atoms with E-state index < -0.39 is 10.0 Å². The minimum Gasteiger partial charge on any atom is -0.369 e. The topological polar surface area (TPSA) is 124 Å². The van der Waals surface area contributed by atoms with Gasteiger partial charge < -0.3 is 9.84 Å². The fourth-order valence-electron chi connectivity index (χ4n) is 2.90.